The number of aryl methyl sites for hydroxylation is 1. The lowest BCUT2D eigenvalue weighted by molar-refractivity contribution is -0.145. The number of alkyl halides is 2. The van der Waals surface area contributed by atoms with Crippen molar-refractivity contribution in [3.05, 3.63) is 77.5 Å². The number of fused-ring (bicyclic) bond motifs is 2. The molecule has 2 aliphatic rings. The zero-order valence-electron chi connectivity index (χ0n) is 20.6. The molecule has 0 spiro atoms. The molecule has 0 aliphatic heterocycles. The first-order valence-corrected chi connectivity index (χ1v) is 12.5. The van der Waals surface area contributed by atoms with Crippen LogP contribution in [0.4, 0.5) is 13.2 Å². The summed E-state index contributed by atoms with van der Waals surface area (Å²) in [5, 5.41) is 9.50. The van der Waals surface area contributed by atoms with Crippen LogP contribution in [-0.4, -0.2) is 37.0 Å². The van der Waals surface area contributed by atoms with Crippen molar-refractivity contribution in [3.8, 4) is 16.9 Å². The summed E-state index contributed by atoms with van der Waals surface area (Å²) in [6, 6.07) is 7.90. The SMILES string of the molecule is Cc1nc2cc(F)c(-c3cnc(C4CCC5(C(=O)O)CC5C4)nc3)cn2c1Cc1ccccc1OC(F)F. The molecule has 7 nitrogen and oxygen atoms in total. The quantitative estimate of drug-likeness (QED) is 0.331. The van der Waals surface area contributed by atoms with Gasteiger partial charge in [0.2, 0.25) is 0 Å². The Morgan fingerprint density at radius 2 is 2.03 bits per heavy atom. The first-order valence-electron chi connectivity index (χ1n) is 12.5. The minimum atomic E-state index is -2.94. The van der Waals surface area contributed by atoms with Crippen LogP contribution in [0.25, 0.3) is 16.8 Å². The third-order valence-electron chi connectivity index (χ3n) is 8.07. The number of halogens is 3. The first-order chi connectivity index (χ1) is 18.2. The number of carboxylic acid groups (broad SMARTS) is 1. The number of benzene rings is 1. The molecule has 3 atom stereocenters. The minimum absolute atomic E-state index is 0.0812. The molecule has 0 amide bonds. The van der Waals surface area contributed by atoms with Crippen LogP contribution in [0.1, 0.15) is 54.4 Å². The average Bonchev–Trinajstić information content (AvgIpc) is 3.57. The molecule has 0 radical (unpaired) electrons. The molecular formula is C28H25F3N4O3. The normalized spacial score (nSPS) is 22.4. The van der Waals surface area contributed by atoms with Crippen molar-refractivity contribution in [2.45, 2.75) is 51.6 Å². The van der Waals surface area contributed by atoms with E-state index in [9.17, 15) is 18.7 Å². The Morgan fingerprint density at radius 1 is 1.26 bits per heavy atom. The van der Waals surface area contributed by atoms with Crippen molar-refractivity contribution < 1.29 is 27.8 Å². The zero-order valence-corrected chi connectivity index (χ0v) is 20.6. The van der Waals surface area contributed by atoms with Crippen molar-refractivity contribution in [1.82, 2.24) is 19.4 Å². The van der Waals surface area contributed by atoms with Crippen LogP contribution in [0.2, 0.25) is 0 Å². The largest absolute Gasteiger partial charge is 0.481 e. The molecule has 6 rings (SSSR count). The number of hydrogen-bond donors (Lipinski definition) is 1. The molecule has 10 heteroatoms. The first kappa shape index (κ1) is 24.4. The van der Waals surface area contributed by atoms with Gasteiger partial charge in [-0.1, -0.05) is 18.2 Å². The summed E-state index contributed by atoms with van der Waals surface area (Å²) in [7, 11) is 0. The van der Waals surface area contributed by atoms with Gasteiger partial charge in [0.05, 0.1) is 11.1 Å². The van der Waals surface area contributed by atoms with E-state index in [1.165, 1.54) is 12.1 Å². The molecule has 0 bridgehead atoms. The van der Waals surface area contributed by atoms with E-state index in [1.807, 2.05) is 0 Å². The predicted octanol–water partition coefficient (Wildman–Crippen LogP) is 5.79. The monoisotopic (exact) mass is 522 g/mol. The van der Waals surface area contributed by atoms with Gasteiger partial charge in [0.1, 0.15) is 23.0 Å². The smallest absolute Gasteiger partial charge is 0.387 e. The van der Waals surface area contributed by atoms with Crippen molar-refractivity contribution in [1.29, 1.82) is 0 Å². The number of carbonyl (C=O) groups is 1. The molecule has 196 valence electrons. The zero-order chi connectivity index (χ0) is 26.6. The Kier molecular flexibility index (Phi) is 5.85. The van der Waals surface area contributed by atoms with Crippen LogP contribution >= 0.6 is 0 Å². The summed E-state index contributed by atoms with van der Waals surface area (Å²) in [4.78, 5) is 25.1. The Hall–Kier alpha value is -3.95. The Morgan fingerprint density at radius 3 is 2.74 bits per heavy atom. The molecule has 2 aliphatic carbocycles. The summed E-state index contributed by atoms with van der Waals surface area (Å²) >= 11 is 0. The highest BCUT2D eigenvalue weighted by Gasteiger charge is 2.62. The van der Waals surface area contributed by atoms with Crippen LogP contribution < -0.4 is 4.74 Å². The van der Waals surface area contributed by atoms with E-state index in [0.717, 1.165) is 18.5 Å². The molecule has 1 aromatic carbocycles. The molecule has 1 N–H and O–H groups in total. The fourth-order valence-electron chi connectivity index (χ4n) is 5.88. The Bertz CT molecular complexity index is 1540. The number of nitrogens with zero attached hydrogens (tertiary/aromatic N) is 4. The minimum Gasteiger partial charge on any atom is -0.481 e. The second kappa shape index (κ2) is 9.11. The molecule has 3 unspecified atom stereocenters. The molecule has 2 saturated carbocycles. The van der Waals surface area contributed by atoms with Gasteiger partial charge in [-0.05, 0) is 44.6 Å². The van der Waals surface area contributed by atoms with Crippen molar-refractivity contribution >= 4 is 11.6 Å². The third kappa shape index (κ3) is 4.17. The summed E-state index contributed by atoms with van der Waals surface area (Å²) < 4.78 is 47.4. The molecule has 3 heterocycles. The van der Waals surface area contributed by atoms with Crippen LogP contribution in [0.15, 0.2) is 48.9 Å². The summed E-state index contributed by atoms with van der Waals surface area (Å²) in [5.41, 5.74) is 2.56. The van der Waals surface area contributed by atoms with Gasteiger partial charge in [-0.2, -0.15) is 8.78 Å². The molecule has 0 saturated heterocycles. The van der Waals surface area contributed by atoms with Gasteiger partial charge in [-0.15, -0.1) is 0 Å². The van der Waals surface area contributed by atoms with E-state index in [-0.39, 0.29) is 29.6 Å². The second-order valence-electron chi connectivity index (χ2n) is 10.2. The summed E-state index contributed by atoms with van der Waals surface area (Å²) in [5.74, 6) is -0.194. The number of rotatable bonds is 7. The fraction of sp³-hybridized carbons (Fsp3) is 0.357. The highest BCUT2D eigenvalue weighted by Crippen LogP contribution is 2.63. The number of para-hydroxylation sites is 1. The second-order valence-corrected chi connectivity index (χ2v) is 10.2. The number of imidazole rings is 1. The predicted molar refractivity (Wildman–Crippen MR) is 132 cm³/mol. The topological polar surface area (TPSA) is 89.6 Å². The van der Waals surface area contributed by atoms with Crippen molar-refractivity contribution in [2.24, 2.45) is 11.3 Å². The van der Waals surface area contributed by atoms with Gasteiger partial charge in [-0.25, -0.2) is 19.3 Å². The fourth-order valence-corrected chi connectivity index (χ4v) is 5.88. The van der Waals surface area contributed by atoms with E-state index >= 15 is 4.39 Å². The molecule has 3 aromatic heterocycles. The van der Waals surface area contributed by atoms with E-state index in [4.69, 9.17) is 0 Å². The van der Waals surface area contributed by atoms with Gasteiger partial charge in [0.15, 0.2) is 0 Å². The lowest BCUT2D eigenvalue weighted by Gasteiger charge is -2.24. The van der Waals surface area contributed by atoms with Crippen molar-refractivity contribution in [2.75, 3.05) is 0 Å². The highest BCUT2D eigenvalue weighted by molar-refractivity contribution is 5.79. The van der Waals surface area contributed by atoms with Crippen LogP contribution in [0, 0.1) is 24.1 Å². The number of aliphatic carboxylic acids is 1. The number of ether oxygens (including phenoxy) is 1. The van der Waals surface area contributed by atoms with Gasteiger partial charge >= 0.3 is 12.6 Å². The molecular weight excluding hydrogens is 497 g/mol. The van der Waals surface area contributed by atoms with Crippen molar-refractivity contribution in [3.63, 3.8) is 0 Å². The summed E-state index contributed by atoms with van der Waals surface area (Å²) in [6.07, 6.45) is 7.88. The maximum absolute atomic E-state index is 15.1. The lowest BCUT2D eigenvalue weighted by Crippen LogP contribution is -2.24. The van der Waals surface area contributed by atoms with Gasteiger partial charge in [-0.3, -0.25) is 4.79 Å². The molecule has 2 fully saturated rings. The maximum Gasteiger partial charge on any atom is 0.387 e. The van der Waals surface area contributed by atoms with Gasteiger partial charge in [0.25, 0.3) is 0 Å². The third-order valence-corrected chi connectivity index (χ3v) is 8.07. The van der Waals surface area contributed by atoms with Crippen LogP contribution in [0.3, 0.4) is 0 Å². The molecule has 4 aromatic rings. The van der Waals surface area contributed by atoms with E-state index < -0.39 is 23.8 Å². The van der Waals surface area contributed by atoms with E-state index in [1.54, 1.807) is 48.1 Å². The van der Waals surface area contributed by atoms with Gasteiger partial charge < -0.3 is 14.2 Å². The number of hydrogen-bond acceptors (Lipinski definition) is 5. The summed E-state index contributed by atoms with van der Waals surface area (Å²) in [6.45, 7) is -1.15. The number of pyridine rings is 1. The van der Waals surface area contributed by atoms with E-state index in [0.29, 0.717) is 41.1 Å². The standard InChI is InChI=1S/C28H25F3N4O3/c1-15-22(9-16-4-2-3-5-23(16)38-27(30)31)35-14-20(21(29)10-24(35)34-15)18-12-32-25(33-13-18)17-6-7-28(26(36)37)11-19(28)8-17/h2-5,10,12-14,17,19,27H,6-9,11H2,1H3,(H,36,37). The Labute approximate surface area is 216 Å². The van der Waals surface area contributed by atoms with Crippen LogP contribution in [0.5, 0.6) is 5.75 Å². The highest BCUT2D eigenvalue weighted by atomic mass is 19.3. The maximum atomic E-state index is 15.1. The van der Waals surface area contributed by atoms with Crippen LogP contribution in [-0.2, 0) is 11.2 Å². The average molecular weight is 523 g/mol. The number of carboxylic acids is 1. The lowest BCUT2D eigenvalue weighted by atomic mass is 9.81. The van der Waals surface area contributed by atoms with Gasteiger partial charge in [0, 0.05) is 59.4 Å². The van der Waals surface area contributed by atoms with E-state index in [2.05, 4.69) is 19.7 Å². The number of aromatic nitrogens is 4. The molecule has 38 heavy (non-hydrogen) atoms. The Balaban J connectivity index is 1.28.